The number of amides is 4. The van der Waals surface area contributed by atoms with Crippen LogP contribution in [0.1, 0.15) is 64.5 Å². The highest BCUT2D eigenvalue weighted by atomic mass is 16.2. The van der Waals surface area contributed by atoms with E-state index in [0.29, 0.717) is 31.7 Å². The molecule has 2 aromatic carbocycles. The van der Waals surface area contributed by atoms with E-state index < -0.39 is 18.0 Å². The van der Waals surface area contributed by atoms with Gasteiger partial charge in [-0.3, -0.25) is 24.2 Å². The second kappa shape index (κ2) is 20.4. The minimum Gasteiger partial charge on any atom is -0.370 e. The highest BCUT2D eigenvalue weighted by Gasteiger charge is 2.28. The molecule has 0 aromatic heterocycles. The van der Waals surface area contributed by atoms with Gasteiger partial charge >= 0.3 is 0 Å². The lowest BCUT2D eigenvalue weighted by molar-refractivity contribution is -0.132. The molecular formula is C35H51N7O4. The van der Waals surface area contributed by atoms with E-state index in [0.717, 1.165) is 11.1 Å². The number of benzene rings is 2. The molecule has 0 saturated heterocycles. The molecule has 250 valence electrons. The van der Waals surface area contributed by atoms with Crippen molar-refractivity contribution in [2.45, 2.75) is 77.9 Å². The van der Waals surface area contributed by atoms with Crippen LogP contribution in [0.4, 0.5) is 0 Å². The fourth-order valence-corrected chi connectivity index (χ4v) is 4.58. The van der Waals surface area contributed by atoms with Gasteiger partial charge in [0, 0.05) is 25.2 Å². The summed E-state index contributed by atoms with van der Waals surface area (Å²) >= 11 is 0. The molecule has 0 heterocycles. The highest BCUT2D eigenvalue weighted by molar-refractivity contribution is 5.93. The van der Waals surface area contributed by atoms with E-state index in [1.807, 2.05) is 88.4 Å². The zero-order chi connectivity index (χ0) is 33.9. The zero-order valence-corrected chi connectivity index (χ0v) is 27.5. The van der Waals surface area contributed by atoms with Gasteiger partial charge in [-0.25, -0.2) is 0 Å². The molecule has 11 nitrogen and oxygen atoms in total. The van der Waals surface area contributed by atoms with Gasteiger partial charge in [0.2, 0.25) is 23.6 Å². The number of aliphatic imine (C=N–C) groups is 1. The lowest BCUT2D eigenvalue weighted by atomic mass is 10.00. The predicted octanol–water partition coefficient (Wildman–Crippen LogP) is 2.66. The van der Waals surface area contributed by atoms with E-state index in [1.54, 1.807) is 6.08 Å². The van der Waals surface area contributed by atoms with Crippen molar-refractivity contribution in [2.75, 3.05) is 13.1 Å². The van der Waals surface area contributed by atoms with E-state index >= 15 is 0 Å². The van der Waals surface area contributed by atoms with Crippen LogP contribution >= 0.6 is 0 Å². The second-order valence-electron chi connectivity index (χ2n) is 12.1. The Kier molecular flexibility index (Phi) is 16.6. The zero-order valence-electron chi connectivity index (χ0n) is 27.5. The van der Waals surface area contributed by atoms with E-state index in [4.69, 9.17) is 11.5 Å². The van der Waals surface area contributed by atoms with Gasteiger partial charge in [0.1, 0.15) is 12.1 Å². The Morgan fingerprint density at radius 1 is 0.783 bits per heavy atom. The van der Waals surface area contributed by atoms with Crippen molar-refractivity contribution in [1.82, 2.24) is 21.3 Å². The molecule has 11 heteroatoms. The van der Waals surface area contributed by atoms with E-state index in [-0.39, 0.29) is 55.0 Å². The fraction of sp³-hybridized carbons (Fsp3) is 0.457. The molecule has 46 heavy (non-hydrogen) atoms. The highest BCUT2D eigenvalue weighted by Crippen LogP contribution is 2.11. The Bertz CT molecular complexity index is 1290. The summed E-state index contributed by atoms with van der Waals surface area (Å²) in [4.78, 5) is 56.5. The molecule has 0 bridgehead atoms. The first-order valence-electron chi connectivity index (χ1n) is 15.9. The van der Waals surface area contributed by atoms with E-state index in [2.05, 4.69) is 26.3 Å². The smallest absolute Gasteiger partial charge is 0.244 e. The maximum Gasteiger partial charge on any atom is 0.244 e. The Morgan fingerprint density at radius 3 is 2.00 bits per heavy atom. The standard InChI is InChI=1S/C35H51N7O4/c1-24(2)17-19-29(34(46)42-30(25(3)4)23-39-31(43)20-18-26-12-7-5-8-13-26)41-33(45)28(16-11-21-38-35(36)37)40-32(44)22-27-14-9-6-10-15-27/h5-10,12-15,18,20,24-25,28-30H,11,16-17,19,21-23H2,1-4H3,(H,39,43)(H,40,44)(H,41,45)(H,42,46)(H4,36,37,38)/b20-18+/t28-,29+,30+/m0/s1. The summed E-state index contributed by atoms with van der Waals surface area (Å²) in [6.45, 7) is 8.50. The minimum absolute atomic E-state index is 0.00404. The third-order valence-electron chi connectivity index (χ3n) is 7.33. The normalized spacial score (nSPS) is 13.1. The van der Waals surface area contributed by atoms with Crippen LogP contribution in [0.25, 0.3) is 6.08 Å². The Morgan fingerprint density at radius 2 is 1.39 bits per heavy atom. The first-order valence-corrected chi connectivity index (χ1v) is 15.9. The third-order valence-corrected chi connectivity index (χ3v) is 7.33. The molecule has 0 unspecified atom stereocenters. The van der Waals surface area contributed by atoms with Crippen LogP contribution in [-0.2, 0) is 25.6 Å². The van der Waals surface area contributed by atoms with Gasteiger partial charge in [-0.15, -0.1) is 0 Å². The summed E-state index contributed by atoms with van der Waals surface area (Å²) in [5.74, 6) is -1.15. The largest absolute Gasteiger partial charge is 0.370 e. The SMILES string of the molecule is CC(C)CC[C@@H](NC(=O)[C@H](CCCN=C(N)N)NC(=O)Cc1ccccc1)C(=O)N[C@H](CNC(=O)/C=C/c1ccccc1)C(C)C. The van der Waals surface area contributed by atoms with Crippen molar-refractivity contribution in [3.63, 3.8) is 0 Å². The molecule has 0 fully saturated rings. The molecule has 0 aliphatic carbocycles. The molecule has 4 amide bonds. The van der Waals surface area contributed by atoms with Gasteiger partial charge in [-0.05, 0) is 54.7 Å². The Hall–Kier alpha value is -4.67. The lowest BCUT2D eigenvalue weighted by Gasteiger charge is -2.28. The average molecular weight is 634 g/mol. The van der Waals surface area contributed by atoms with Gasteiger partial charge in [0.15, 0.2) is 5.96 Å². The summed E-state index contributed by atoms with van der Waals surface area (Å²) in [5.41, 5.74) is 12.6. The van der Waals surface area contributed by atoms with Crippen molar-refractivity contribution >= 4 is 35.7 Å². The maximum absolute atomic E-state index is 13.6. The number of hydrogen-bond donors (Lipinski definition) is 6. The number of nitrogens with one attached hydrogen (secondary N) is 4. The van der Waals surface area contributed by atoms with Crippen molar-refractivity contribution in [1.29, 1.82) is 0 Å². The molecule has 2 rings (SSSR count). The number of hydrogen-bond acceptors (Lipinski definition) is 5. The van der Waals surface area contributed by atoms with Crippen molar-refractivity contribution in [3.8, 4) is 0 Å². The minimum atomic E-state index is -0.892. The summed E-state index contributed by atoms with van der Waals surface area (Å²) in [5, 5.41) is 11.6. The quantitative estimate of drug-likeness (QED) is 0.0599. The number of nitrogens with zero attached hydrogens (tertiary/aromatic N) is 1. The summed E-state index contributed by atoms with van der Waals surface area (Å²) in [7, 11) is 0. The van der Waals surface area contributed by atoms with Crippen molar-refractivity contribution in [3.05, 3.63) is 77.9 Å². The topological polar surface area (TPSA) is 181 Å². The molecular weight excluding hydrogens is 582 g/mol. The van der Waals surface area contributed by atoms with Crippen LogP contribution in [0.15, 0.2) is 71.7 Å². The number of carbonyl (C=O) groups is 4. The average Bonchev–Trinajstić information content (AvgIpc) is 3.02. The number of carbonyl (C=O) groups excluding carboxylic acids is 4. The molecule has 0 spiro atoms. The molecule has 2 aromatic rings. The first-order chi connectivity index (χ1) is 21.9. The lowest BCUT2D eigenvalue weighted by Crippen LogP contribution is -2.56. The number of nitrogens with two attached hydrogens (primary N) is 2. The van der Waals surface area contributed by atoms with E-state index in [9.17, 15) is 19.2 Å². The summed E-state index contributed by atoms with van der Waals surface area (Å²) in [6.07, 6.45) is 5.11. The van der Waals surface area contributed by atoms with Gasteiger partial charge in [0.25, 0.3) is 0 Å². The van der Waals surface area contributed by atoms with Crippen LogP contribution in [0.5, 0.6) is 0 Å². The molecule has 0 aliphatic heterocycles. The molecule has 0 aliphatic rings. The molecule has 8 N–H and O–H groups in total. The van der Waals surface area contributed by atoms with Crippen LogP contribution in [0.3, 0.4) is 0 Å². The monoisotopic (exact) mass is 633 g/mol. The first kappa shape index (κ1) is 37.5. The van der Waals surface area contributed by atoms with Crippen molar-refractivity contribution < 1.29 is 19.2 Å². The predicted molar refractivity (Wildman–Crippen MR) is 183 cm³/mol. The summed E-state index contributed by atoms with van der Waals surface area (Å²) in [6, 6.07) is 16.6. The van der Waals surface area contributed by atoms with Crippen LogP contribution in [0.2, 0.25) is 0 Å². The van der Waals surface area contributed by atoms with Crippen LogP contribution < -0.4 is 32.7 Å². The van der Waals surface area contributed by atoms with Gasteiger partial charge in [-0.2, -0.15) is 0 Å². The van der Waals surface area contributed by atoms with Crippen LogP contribution in [0, 0.1) is 11.8 Å². The maximum atomic E-state index is 13.6. The fourth-order valence-electron chi connectivity index (χ4n) is 4.58. The second-order valence-corrected chi connectivity index (χ2v) is 12.1. The van der Waals surface area contributed by atoms with Gasteiger partial charge in [-0.1, -0.05) is 88.4 Å². The van der Waals surface area contributed by atoms with Gasteiger partial charge < -0.3 is 32.7 Å². The van der Waals surface area contributed by atoms with Gasteiger partial charge in [0.05, 0.1) is 6.42 Å². The van der Waals surface area contributed by atoms with Crippen molar-refractivity contribution in [2.24, 2.45) is 28.3 Å². The molecule has 3 atom stereocenters. The molecule has 0 radical (unpaired) electrons. The Balaban J connectivity index is 2.11. The number of rotatable bonds is 19. The molecule has 0 saturated carbocycles. The summed E-state index contributed by atoms with van der Waals surface area (Å²) < 4.78 is 0. The number of guanidine groups is 1. The van der Waals surface area contributed by atoms with E-state index in [1.165, 1.54) is 6.08 Å². The van der Waals surface area contributed by atoms with Crippen LogP contribution in [-0.4, -0.2) is 60.8 Å². The Labute approximate surface area is 273 Å². The third kappa shape index (κ3) is 15.4.